The van der Waals surface area contributed by atoms with E-state index in [9.17, 15) is 9.18 Å². The van der Waals surface area contributed by atoms with Crippen LogP contribution in [0.5, 0.6) is 0 Å². The highest BCUT2D eigenvalue weighted by atomic mass is 19.1. The van der Waals surface area contributed by atoms with E-state index in [0.717, 1.165) is 22.2 Å². The Kier molecular flexibility index (Phi) is 5.30. The van der Waals surface area contributed by atoms with Gasteiger partial charge in [-0.25, -0.2) is 19.3 Å². The number of carbonyl (C=O) groups excluding carboxylic acids is 1. The second-order valence-corrected chi connectivity index (χ2v) is 8.08. The standard InChI is InChI=1S/C26H22FN5O/c1-16-17(2)31-25-21(11-20(27)12-23(25)30-16)26(33)28-13-18-7-9-19(10-8-18)14-32-15-29-22-5-3-4-6-24(22)32/h3-12,15H,13-14H2,1-2H3,(H,28,33). The Balaban J connectivity index is 1.30. The molecular weight excluding hydrogens is 417 g/mol. The summed E-state index contributed by atoms with van der Waals surface area (Å²) >= 11 is 0. The molecule has 0 aliphatic rings. The van der Waals surface area contributed by atoms with Gasteiger partial charge in [0, 0.05) is 19.2 Å². The molecule has 5 aromatic rings. The zero-order chi connectivity index (χ0) is 22.9. The fraction of sp³-hybridized carbons (Fsp3) is 0.154. The van der Waals surface area contributed by atoms with E-state index in [1.165, 1.54) is 12.1 Å². The van der Waals surface area contributed by atoms with Gasteiger partial charge in [-0.05, 0) is 43.2 Å². The topological polar surface area (TPSA) is 72.7 Å². The van der Waals surface area contributed by atoms with E-state index in [0.29, 0.717) is 35.5 Å². The largest absolute Gasteiger partial charge is 0.348 e. The molecule has 33 heavy (non-hydrogen) atoms. The number of rotatable bonds is 5. The van der Waals surface area contributed by atoms with Crippen LogP contribution in [0, 0.1) is 19.7 Å². The maximum absolute atomic E-state index is 14.1. The van der Waals surface area contributed by atoms with Gasteiger partial charge in [-0.1, -0.05) is 36.4 Å². The van der Waals surface area contributed by atoms with Gasteiger partial charge >= 0.3 is 0 Å². The van der Waals surface area contributed by atoms with Gasteiger partial charge in [0.05, 0.1) is 39.8 Å². The summed E-state index contributed by atoms with van der Waals surface area (Å²) < 4.78 is 16.2. The lowest BCUT2D eigenvalue weighted by atomic mass is 10.1. The van der Waals surface area contributed by atoms with E-state index >= 15 is 0 Å². The quantitative estimate of drug-likeness (QED) is 0.430. The predicted molar refractivity (Wildman–Crippen MR) is 125 cm³/mol. The smallest absolute Gasteiger partial charge is 0.253 e. The van der Waals surface area contributed by atoms with Gasteiger partial charge in [0.15, 0.2) is 0 Å². The van der Waals surface area contributed by atoms with Crippen LogP contribution in [-0.4, -0.2) is 25.4 Å². The number of hydrogen-bond donors (Lipinski definition) is 1. The fourth-order valence-corrected chi connectivity index (χ4v) is 3.84. The second-order valence-electron chi connectivity index (χ2n) is 8.08. The lowest BCUT2D eigenvalue weighted by molar-refractivity contribution is 0.0952. The Morgan fingerprint density at radius 2 is 1.67 bits per heavy atom. The molecule has 0 spiro atoms. The lowest BCUT2D eigenvalue weighted by Crippen LogP contribution is -2.23. The van der Waals surface area contributed by atoms with Gasteiger partial charge in [-0.2, -0.15) is 0 Å². The molecule has 2 aromatic heterocycles. The van der Waals surface area contributed by atoms with E-state index < -0.39 is 5.82 Å². The van der Waals surface area contributed by atoms with Crippen LogP contribution in [0.1, 0.15) is 32.9 Å². The normalized spacial score (nSPS) is 11.2. The Bertz CT molecular complexity index is 1490. The Labute approximate surface area is 190 Å². The molecule has 0 bridgehead atoms. The van der Waals surface area contributed by atoms with Gasteiger partial charge < -0.3 is 9.88 Å². The minimum absolute atomic E-state index is 0.184. The number of aromatic nitrogens is 4. The summed E-state index contributed by atoms with van der Waals surface area (Å²) in [5.74, 6) is -0.896. The van der Waals surface area contributed by atoms with Crippen molar-refractivity contribution in [1.82, 2.24) is 24.8 Å². The van der Waals surface area contributed by atoms with E-state index in [-0.39, 0.29) is 11.5 Å². The molecule has 0 fully saturated rings. The van der Waals surface area contributed by atoms with E-state index in [1.54, 1.807) is 0 Å². The van der Waals surface area contributed by atoms with Crippen molar-refractivity contribution in [3.05, 3.63) is 101 Å². The minimum Gasteiger partial charge on any atom is -0.348 e. The van der Waals surface area contributed by atoms with E-state index in [2.05, 4.69) is 30.9 Å². The summed E-state index contributed by atoms with van der Waals surface area (Å²) in [5, 5.41) is 2.87. The summed E-state index contributed by atoms with van der Waals surface area (Å²) in [6, 6.07) is 18.6. The van der Waals surface area contributed by atoms with Crippen molar-refractivity contribution in [3.63, 3.8) is 0 Å². The number of fused-ring (bicyclic) bond motifs is 2. The van der Waals surface area contributed by atoms with E-state index in [1.807, 2.05) is 62.6 Å². The molecule has 0 aliphatic heterocycles. The molecule has 164 valence electrons. The Morgan fingerprint density at radius 3 is 2.48 bits per heavy atom. The molecule has 2 heterocycles. The van der Waals surface area contributed by atoms with Crippen molar-refractivity contribution in [1.29, 1.82) is 0 Å². The highest BCUT2D eigenvalue weighted by Gasteiger charge is 2.15. The number of para-hydroxylation sites is 2. The van der Waals surface area contributed by atoms with Gasteiger partial charge in [0.2, 0.25) is 0 Å². The van der Waals surface area contributed by atoms with Crippen LogP contribution < -0.4 is 5.32 Å². The molecule has 0 radical (unpaired) electrons. The van der Waals surface area contributed by atoms with E-state index in [4.69, 9.17) is 0 Å². The van der Waals surface area contributed by atoms with Crippen molar-refractivity contribution < 1.29 is 9.18 Å². The number of aryl methyl sites for hydroxylation is 2. The molecule has 5 rings (SSSR count). The third kappa shape index (κ3) is 4.17. The summed E-state index contributed by atoms with van der Waals surface area (Å²) in [4.78, 5) is 26.1. The van der Waals surface area contributed by atoms with Crippen LogP contribution >= 0.6 is 0 Å². The van der Waals surface area contributed by atoms with Crippen molar-refractivity contribution in [2.24, 2.45) is 0 Å². The summed E-state index contributed by atoms with van der Waals surface area (Å²) in [6.07, 6.45) is 1.84. The SMILES string of the molecule is Cc1nc2cc(F)cc(C(=O)NCc3ccc(Cn4cnc5ccccc54)cc3)c2nc1C. The summed E-state index contributed by atoms with van der Waals surface area (Å²) in [6.45, 7) is 4.66. The molecular formula is C26H22FN5O. The van der Waals surface area contributed by atoms with Gasteiger partial charge in [-0.15, -0.1) is 0 Å². The third-order valence-electron chi connectivity index (χ3n) is 5.75. The first kappa shape index (κ1) is 20.8. The summed E-state index contributed by atoms with van der Waals surface area (Å²) in [5.41, 5.74) is 6.52. The van der Waals surface area contributed by atoms with Gasteiger partial charge in [-0.3, -0.25) is 4.79 Å². The van der Waals surface area contributed by atoms with Crippen LogP contribution in [-0.2, 0) is 13.1 Å². The number of benzene rings is 3. The van der Waals surface area contributed by atoms with Crippen LogP contribution in [0.4, 0.5) is 4.39 Å². The zero-order valence-corrected chi connectivity index (χ0v) is 18.3. The maximum atomic E-state index is 14.1. The van der Waals surface area contributed by atoms with Crippen molar-refractivity contribution >= 4 is 28.0 Å². The molecule has 0 saturated heterocycles. The lowest BCUT2D eigenvalue weighted by Gasteiger charge is -2.10. The molecule has 1 amide bonds. The van der Waals surface area contributed by atoms with Gasteiger partial charge in [0.1, 0.15) is 11.3 Å². The van der Waals surface area contributed by atoms with Crippen LogP contribution in [0.25, 0.3) is 22.1 Å². The van der Waals surface area contributed by atoms with Crippen molar-refractivity contribution in [2.45, 2.75) is 26.9 Å². The van der Waals surface area contributed by atoms with Crippen molar-refractivity contribution in [2.75, 3.05) is 0 Å². The molecule has 0 unspecified atom stereocenters. The number of amides is 1. The number of carbonyl (C=O) groups is 1. The molecule has 3 aromatic carbocycles. The number of nitrogens with zero attached hydrogens (tertiary/aromatic N) is 4. The Hall–Kier alpha value is -4.13. The zero-order valence-electron chi connectivity index (χ0n) is 18.3. The minimum atomic E-state index is -0.512. The van der Waals surface area contributed by atoms with Crippen LogP contribution in [0.3, 0.4) is 0 Å². The first-order valence-corrected chi connectivity index (χ1v) is 10.7. The monoisotopic (exact) mass is 439 g/mol. The van der Waals surface area contributed by atoms with Crippen LogP contribution in [0.15, 0.2) is 67.0 Å². The Morgan fingerprint density at radius 1 is 0.939 bits per heavy atom. The highest BCUT2D eigenvalue weighted by Crippen LogP contribution is 2.20. The number of imidazole rings is 1. The molecule has 6 nitrogen and oxygen atoms in total. The maximum Gasteiger partial charge on any atom is 0.253 e. The van der Waals surface area contributed by atoms with Crippen LogP contribution in [0.2, 0.25) is 0 Å². The molecule has 7 heteroatoms. The molecule has 0 atom stereocenters. The molecule has 0 saturated carbocycles. The second kappa shape index (κ2) is 8.43. The first-order chi connectivity index (χ1) is 16.0. The average molecular weight is 439 g/mol. The van der Waals surface area contributed by atoms with Gasteiger partial charge in [0.25, 0.3) is 5.91 Å². The fourth-order valence-electron chi connectivity index (χ4n) is 3.84. The average Bonchev–Trinajstić information content (AvgIpc) is 3.22. The van der Waals surface area contributed by atoms with Crippen molar-refractivity contribution in [3.8, 4) is 0 Å². The molecule has 1 N–H and O–H groups in total. The summed E-state index contributed by atoms with van der Waals surface area (Å²) in [7, 11) is 0. The predicted octanol–water partition coefficient (Wildman–Crippen LogP) is 4.71. The number of nitrogens with one attached hydrogen (secondary N) is 1. The number of hydrogen-bond acceptors (Lipinski definition) is 4. The first-order valence-electron chi connectivity index (χ1n) is 10.7. The highest BCUT2D eigenvalue weighted by molar-refractivity contribution is 6.04. The molecule has 0 aliphatic carbocycles. The third-order valence-corrected chi connectivity index (χ3v) is 5.75. The number of halogens is 1.